The Morgan fingerprint density at radius 1 is 1.10 bits per heavy atom. The van der Waals surface area contributed by atoms with Crippen molar-refractivity contribution >= 4 is 21.7 Å². The fourth-order valence-corrected chi connectivity index (χ4v) is 2.65. The molecule has 0 atom stereocenters. The van der Waals surface area contributed by atoms with Crippen molar-refractivity contribution in [3.63, 3.8) is 0 Å². The van der Waals surface area contributed by atoms with Crippen LogP contribution in [0.15, 0.2) is 59.1 Å². The first-order valence-electron chi connectivity index (χ1n) is 6.46. The number of nitrogens with two attached hydrogens (primary N) is 1. The number of halogens is 2. The lowest BCUT2D eigenvalue weighted by atomic mass is 10.1. The number of benzene rings is 2. The van der Waals surface area contributed by atoms with E-state index in [0.717, 1.165) is 21.3 Å². The van der Waals surface area contributed by atoms with Crippen LogP contribution in [-0.4, -0.2) is 9.78 Å². The van der Waals surface area contributed by atoms with E-state index in [2.05, 4.69) is 21.0 Å². The van der Waals surface area contributed by atoms with E-state index >= 15 is 0 Å². The second-order valence-corrected chi connectivity index (χ2v) is 5.58. The van der Waals surface area contributed by atoms with Crippen LogP contribution < -0.4 is 5.73 Å². The molecule has 3 nitrogen and oxygen atoms in total. The molecule has 1 heterocycles. The zero-order valence-electron chi connectivity index (χ0n) is 11.1. The summed E-state index contributed by atoms with van der Waals surface area (Å²) in [6, 6.07) is 16.1. The zero-order valence-corrected chi connectivity index (χ0v) is 12.7. The summed E-state index contributed by atoms with van der Waals surface area (Å²) in [7, 11) is 0. The summed E-state index contributed by atoms with van der Waals surface area (Å²) in [6.07, 6.45) is 0. The summed E-state index contributed by atoms with van der Waals surface area (Å²) in [6.45, 7) is 0.439. The summed E-state index contributed by atoms with van der Waals surface area (Å²) in [4.78, 5) is 0. The smallest absolute Gasteiger partial charge is 0.123 e. The number of rotatable bonds is 3. The van der Waals surface area contributed by atoms with Crippen molar-refractivity contribution in [2.75, 3.05) is 5.73 Å². The topological polar surface area (TPSA) is 43.8 Å². The Bertz CT molecular complexity index is 783. The lowest BCUT2D eigenvalue weighted by Crippen LogP contribution is -2.06. The minimum atomic E-state index is -0.260. The van der Waals surface area contributed by atoms with Crippen LogP contribution in [0.1, 0.15) is 5.56 Å². The summed E-state index contributed by atoms with van der Waals surface area (Å²) in [5, 5.41) is 4.51. The Kier molecular flexibility index (Phi) is 3.75. The van der Waals surface area contributed by atoms with E-state index in [-0.39, 0.29) is 5.82 Å². The van der Waals surface area contributed by atoms with E-state index in [0.29, 0.717) is 12.4 Å². The predicted octanol–water partition coefficient (Wildman–Crippen LogP) is 4.08. The second-order valence-electron chi connectivity index (χ2n) is 4.72. The monoisotopic (exact) mass is 345 g/mol. The minimum Gasteiger partial charge on any atom is -0.384 e. The lowest BCUT2D eigenvalue weighted by molar-refractivity contribution is 0.620. The number of nitrogens with zero attached hydrogens (tertiary/aromatic N) is 2. The van der Waals surface area contributed by atoms with Crippen LogP contribution in [-0.2, 0) is 6.54 Å². The zero-order chi connectivity index (χ0) is 14.8. The van der Waals surface area contributed by atoms with Crippen molar-refractivity contribution in [1.29, 1.82) is 0 Å². The van der Waals surface area contributed by atoms with Gasteiger partial charge < -0.3 is 5.73 Å². The largest absolute Gasteiger partial charge is 0.384 e. The molecule has 0 bridgehead atoms. The third-order valence-corrected chi connectivity index (χ3v) is 3.87. The molecule has 0 aliphatic rings. The van der Waals surface area contributed by atoms with E-state index in [9.17, 15) is 4.39 Å². The first kappa shape index (κ1) is 13.8. The van der Waals surface area contributed by atoms with Gasteiger partial charge in [0.2, 0.25) is 0 Å². The van der Waals surface area contributed by atoms with Gasteiger partial charge in [-0.15, -0.1) is 0 Å². The van der Waals surface area contributed by atoms with E-state index < -0.39 is 0 Å². The van der Waals surface area contributed by atoms with Crippen molar-refractivity contribution in [1.82, 2.24) is 9.78 Å². The van der Waals surface area contributed by atoms with Crippen molar-refractivity contribution in [3.8, 4) is 11.3 Å². The highest BCUT2D eigenvalue weighted by molar-refractivity contribution is 9.10. The Labute approximate surface area is 130 Å². The molecule has 0 aliphatic carbocycles. The minimum absolute atomic E-state index is 0.260. The van der Waals surface area contributed by atoms with Gasteiger partial charge in [0.1, 0.15) is 11.6 Å². The van der Waals surface area contributed by atoms with Gasteiger partial charge >= 0.3 is 0 Å². The molecule has 0 saturated heterocycles. The van der Waals surface area contributed by atoms with Crippen LogP contribution >= 0.6 is 15.9 Å². The Hall–Kier alpha value is -2.14. The van der Waals surface area contributed by atoms with Gasteiger partial charge in [0.15, 0.2) is 0 Å². The molecule has 21 heavy (non-hydrogen) atoms. The van der Waals surface area contributed by atoms with E-state index in [1.807, 2.05) is 36.4 Å². The number of anilines is 1. The maximum absolute atomic E-state index is 13.2. The van der Waals surface area contributed by atoms with Crippen LogP contribution in [0.2, 0.25) is 0 Å². The summed E-state index contributed by atoms with van der Waals surface area (Å²) >= 11 is 3.50. The molecule has 2 N–H and O–H groups in total. The van der Waals surface area contributed by atoms with Gasteiger partial charge in [-0.1, -0.05) is 46.3 Å². The fraction of sp³-hybridized carbons (Fsp3) is 0.0625. The van der Waals surface area contributed by atoms with Crippen LogP contribution in [0.25, 0.3) is 11.3 Å². The average Bonchev–Trinajstić information content (AvgIpc) is 2.80. The Morgan fingerprint density at radius 3 is 2.67 bits per heavy atom. The molecule has 0 unspecified atom stereocenters. The molecule has 1 aromatic heterocycles. The van der Waals surface area contributed by atoms with E-state index in [1.54, 1.807) is 10.7 Å². The Morgan fingerprint density at radius 2 is 1.90 bits per heavy atom. The van der Waals surface area contributed by atoms with Gasteiger partial charge in [-0.05, 0) is 23.8 Å². The highest BCUT2D eigenvalue weighted by Crippen LogP contribution is 2.28. The second kappa shape index (κ2) is 5.69. The molecule has 3 aromatic rings. The molecule has 106 valence electrons. The number of hydrogen-bond acceptors (Lipinski definition) is 2. The summed E-state index contributed by atoms with van der Waals surface area (Å²) in [5.74, 6) is 0.286. The lowest BCUT2D eigenvalue weighted by Gasteiger charge is -2.04. The Balaban J connectivity index is 1.93. The van der Waals surface area contributed by atoms with Crippen LogP contribution in [0, 0.1) is 5.82 Å². The van der Waals surface area contributed by atoms with Crippen molar-refractivity contribution < 1.29 is 4.39 Å². The summed E-state index contributed by atoms with van der Waals surface area (Å²) < 4.78 is 15.9. The number of hydrogen-bond donors (Lipinski definition) is 1. The molecule has 0 saturated carbocycles. The first-order valence-corrected chi connectivity index (χ1v) is 7.25. The maximum Gasteiger partial charge on any atom is 0.123 e. The van der Waals surface area contributed by atoms with Gasteiger partial charge in [0.25, 0.3) is 0 Å². The molecule has 0 fully saturated rings. The predicted molar refractivity (Wildman–Crippen MR) is 85.3 cm³/mol. The molecule has 2 aromatic carbocycles. The standard InChI is InChI=1S/C16H13BrFN3/c17-14-7-2-1-6-13(14)15-9-16(19)21(20-15)10-11-4-3-5-12(18)8-11/h1-9H,10,19H2. The SMILES string of the molecule is Nc1cc(-c2ccccc2Br)nn1Cc1cccc(F)c1. The van der Waals surface area contributed by atoms with Crippen LogP contribution in [0.4, 0.5) is 10.2 Å². The normalized spacial score (nSPS) is 10.8. The van der Waals surface area contributed by atoms with E-state index in [1.165, 1.54) is 12.1 Å². The number of aromatic nitrogens is 2. The molecule has 0 aliphatic heterocycles. The third-order valence-electron chi connectivity index (χ3n) is 3.18. The van der Waals surface area contributed by atoms with E-state index in [4.69, 9.17) is 5.73 Å². The van der Waals surface area contributed by atoms with Gasteiger partial charge in [-0.2, -0.15) is 5.10 Å². The molecule has 3 rings (SSSR count). The fourth-order valence-electron chi connectivity index (χ4n) is 2.17. The molecule has 0 spiro atoms. The molecular weight excluding hydrogens is 333 g/mol. The molecule has 0 radical (unpaired) electrons. The highest BCUT2D eigenvalue weighted by atomic mass is 79.9. The molecule has 5 heteroatoms. The van der Waals surface area contributed by atoms with Crippen molar-refractivity contribution in [2.24, 2.45) is 0 Å². The van der Waals surface area contributed by atoms with Gasteiger partial charge in [0.05, 0.1) is 12.2 Å². The van der Waals surface area contributed by atoms with Crippen LogP contribution in [0.5, 0.6) is 0 Å². The average molecular weight is 346 g/mol. The quantitative estimate of drug-likeness (QED) is 0.777. The van der Waals surface area contributed by atoms with Gasteiger partial charge in [-0.25, -0.2) is 9.07 Å². The van der Waals surface area contributed by atoms with Gasteiger partial charge in [0, 0.05) is 16.1 Å². The van der Waals surface area contributed by atoms with Gasteiger partial charge in [-0.3, -0.25) is 0 Å². The molecular formula is C16H13BrFN3. The first-order chi connectivity index (χ1) is 10.1. The number of nitrogen functional groups attached to an aromatic ring is 1. The maximum atomic E-state index is 13.2. The van der Waals surface area contributed by atoms with Crippen LogP contribution in [0.3, 0.4) is 0 Å². The molecule has 0 amide bonds. The summed E-state index contributed by atoms with van der Waals surface area (Å²) in [5.41, 5.74) is 8.59. The highest BCUT2D eigenvalue weighted by Gasteiger charge is 2.10. The van der Waals surface area contributed by atoms with Crippen molar-refractivity contribution in [2.45, 2.75) is 6.54 Å². The van der Waals surface area contributed by atoms with Crippen molar-refractivity contribution in [3.05, 3.63) is 70.5 Å². The third kappa shape index (κ3) is 2.97.